The van der Waals surface area contributed by atoms with Crippen molar-refractivity contribution < 1.29 is 14.7 Å². The van der Waals surface area contributed by atoms with Crippen molar-refractivity contribution in [1.82, 2.24) is 0 Å². The van der Waals surface area contributed by atoms with Crippen molar-refractivity contribution in [3.8, 4) is 0 Å². The van der Waals surface area contributed by atoms with Crippen molar-refractivity contribution in [2.75, 3.05) is 23.4 Å². The minimum absolute atomic E-state index is 0.00977. The second-order valence-electron chi connectivity index (χ2n) is 3.52. The van der Waals surface area contributed by atoms with Crippen molar-refractivity contribution in [3.63, 3.8) is 0 Å². The number of anilines is 2. The van der Waals surface area contributed by atoms with Crippen LogP contribution in [0.5, 0.6) is 0 Å². The summed E-state index contributed by atoms with van der Waals surface area (Å²) in [5.41, 5.74) is 1.31. The monoisotopic (exact) mass is 220 g/mol. The Balaban J connectivity index is 2.33. The number of aliphatic hydroxyl groups excluding tert-OH is 1. The van der Waals surface area contributed by atoms with E-state index in [1.807, 2.05) is 0 Å². The normalized spacial score (nSPS) is 14.3. The van der Waals surface area contributed by atoms with E-state index in [1.54, 1.807) is 24.3 Å². The SMILES string of the molecule is O=C1CN(C(=O)CCO)c2ccccc2N1. The molecule has 1 heterocycles. The molecule has 0 radical (unpaired) electrons. The van der Waals surface area contributed by atoms with Crippen LogP contribution in [-0.2, 0) is 9.59 Å². The van der Waals surface area contributed by atoms with Crippen LogP contribution in [0.15, 0.2) is 24.3 Å². The Morgan fingerprint density at radius 2 is 2.19 bits per heavy atom. The summed E-state index contributed by atoms with van der Waals surface area (Å²) in [6.45, 7) is -0.199. The molecule has 2 rings (SSSR count). The van der Waals surface area contributed by atoms with E-state index in [-0.39, 0.29) is 31.4 Å². The van der Waals surface area contributed by atoms with Crippen molar-refractivity contribution in [2.45, 2.75) is 6.42 Å². The summed E-state index contributed by atoms with van der Waals surface area (Å²) in [5, 5.41) is 11.4. The first kappa shape index (κ1) is 10.6. The molecule has 1 aromatic rings. The van der Waals surface area contributed by atoms with E-state index >= 15 is 0 Å². The molecule has 0 atom stereocenters. The van der Waals surface area contributed by atoms with E-state index < -0.39 is 0 Å². The van der Waals surface area contributed by atoms with E-state index in [0.717, 1.165) is 0 Å². The maximum Gasteiger partial charge on any atom is 0.244 e. The molecule has 0 aliphatic carbocycles. The third-order valence-electron chi connectivity index (χ3n) is 2.40. The number of amides is 2. The van der Waals surface area contributed by atoms with Gasteiger partial charge in [0.1, 0.15) is 6.54 Å². The molecule has 84 valence electrons. The van der Waals surface area contributed by atoms with Crippen LogP contribution < -0.4 is 10.2 Å². The molecule has 16 heavy (non-hydrogen) atoms. The van der Waals surface area contributed by atoms with Gasteiger partial charge < -0.3 is 15.3 Å². The fourth-order valence-electron chi connectivity index (χ4n) is 1.69. The summed E-state index contributed by atoms with van der Waals surface area (Å²) in [5.74, 6) is -0.463. The molecule has 0 saturated heterocycles. The van der Waals surface area contributed by atoms with Gasteiger partial charge in [0, 0.05) is 0 Å². The highest BCUT2D eigenvalue weighted by molar-refractivity contribution is 6.09. The predicted octanol–water partition coefficient (Wildman–Crippen LogP) is 0.354. The topological polar surface area (TPSA) is 69.6 Å². The van der Waals surface area contributed by atoms with Crippen molar-refractivity contribution in [1.29, 1.82) is 0 Å². The number of rotatable bonds is 2. The zero-order chi connectivity index (χ0) is 11.5. The lowest BCUT2D eigenvalue weighted by Crippen LogP contribution is -2.42. The molecule has 0 fully saturated rings. The molecule has 5 nitrogen and oxygen atoms in total. The quantitative estimate of drug-likeness (QED) is 0.755. The third-order valence-corrected chi connectivity index (χ3v) is 2.40. The number of hydrogen-bond donors (Lipinski definition) is 2. The Hall–Kier alpha value is -1.88. The number of nitrogens with one attached hydrogen (secondary N) is 1. The zero-order valence-corrected chi connectivity index (χ0v) is 8.64. The Kier molecular flexibility index (Phi) is 2.87. The standard InChI is InChI=1S/C11H12N2O3/c14-6-5-11(16)13-7-10(15)12-8-3-1-2-4-9(8)13/h1-4,14H,5-7H2,(H,12,15). The van der Waals surface area contributed by atoms with Crippen LogP contribution in [0.1, 0.15) is 6.42 Å². The molecule has 1 aromatic carbocycles. The molecular weight excluding hydrogens is 208 g/mol. The van der Waals surface area contributed by atoms with Gasteiger partial charge in [-0.05, 0) is 12.1 Å². The lowest BCUT2D eigenvalue weighted by molar-refractivity contribution is -0.122. The maximum absolute atomic E-state index is 11.7. The lowest BCUT2D eigenvalue weighted by atomic mass is 10.2. The Morgan fingerprint density at radius 3 is 2.94 bits per heavy atom. The van der Waals surface area contributed by atoms with Crippen LogP contribution in [0.2, 0.25) is 0 Å². The smallest absolute Gasteiger partial charge is 0.244 e. The predicted molar refractivity (Wildman–Crippen MR) is 59.1 cm³/mol. The first-order valence-corrected chi connectivity index (χ1v) is 5.02. The zero-order valence-electron chi connectivity index (χ0n) is 8.64. The van der Waals surface area contributed by atoms with E-state index in [1.165, 1.54) is 4.90 Å². The van der Waals surface area contributed by atoms with Gasteiger partial charge >= 0.3 is 0 Å². The molecular formula is C11H12N2O3. The molecule has 2 amide bonds. The minimum Gasteiger partial charge on any atom is -0.396 e. The van der Waals surface area contributed by atoms with E-state index in [0.29, 0.717) is 11.4 Å². The highest BCUT2D eigenvalue weighted by Gasteiger charge is 2.25. The van der Waals surface area contributed by atoms with Crippen LogP contribution in [0, 0.1) is 0 Å². The number of carbonyl (C=O) groups is 2. The Morgan fingerprint density at radius 1 is 1.44 bits per heavy atom. The fraction of sp³-hybridized carbons (Fsp3) is 0.273. The fourth-order valence-corrected chi connectivity index (χ4v) is 1.69. The average molecular weight is 220 g/mol. The highest BCUT2D eigenvalue weighted by atomic mass is 16.3. The number of para-hydroxylation sites is 2. The number of hydrogen-bond acceptors (Lipinski definition) is 3. The third kappa shape index (κ3) is 1.90. The highest BCUT2D eigenvalue weighted by Crippen LogP contribution is 2.29. The molecule has 1 aliphatic heterocycles. The largest absolute Gasteiger partial charge is 0.396 e. The van der Waals surface area contributed by atoms with Gasteiger partial charge in [-0.25, -0.2) is 0 Å². The minimum atomic E-state index is -0.246. The van der Waals surface area contributed by atoms with Gasteiger partial charge in [0.2, 0.25) is 11.8 Å². The van der Waals surface area contributed by atoms with Crippen LogP contribution in [-0.4, -0.2) is 30.1 Å². The van der Waals surface area contributed by atoms with Crippen molar-refractivity contribution in [3.05, 3.63) is 24.3 Å². The van der Waals surface area contributed by atoms with Crippen LogP contribution in [0.4, 0.5) is 11.4 Å². The van der Waals surface area contributed by atoms with Crippen molar-refractivity contribution >= 4 is 23.2 Å². The average Bonchev–Trinajstić information content (AvgIpc) is 2.28. The van der Waals surface area contributed by atoms with E-state index in [4.69, 9.17) is 5.11 Å². The van der Waals surface area contributed by atoms with Crippen LogP contribution >= 0.6 is 0 Å². The van der Waals surface area contributed by atoms with Gasteiger partial charge in [-0.2, -0.15) is 0 Å². The Bertz CT molecular complexity index is 431. The summed E-state index contributed by atoms with van der Waals surface area (Å²) < 4.78 is 0. The second-order valence-corrected chi connectivity index (χ2v) is 3.52. The van der Waals surface area contributed by atoms with Crippen LogP contribution in [0.3, 0.4) is 0 Å². The van der Waals surface area contributed by atoms with Crippen molar-refractivity contribution in [2.24, 2.45) is 0 Å². The van der Waals surface area contributed by atoms with Gasteiger partial charge in [-0.3, -0.25) is 9.59 Å². The Labute approximate surface area is 92.7 Å². The van der Waals surface area contributed by atoms with Gasteiger partial charge in [0.25, 0.3) is 0 Å². The summed E-state index contributed by atoms with van der Waals surface area (Å²) in [6, 6.07) is 7.10. The summed E-state index contributed by atoms with van der Waals surface area (Å²) in [7, 11) is 0. The number of fused-ring (bicyclic) bond motifs is 1. The van der Waals surface area contributed by atoms with Gasteiger partial charge in [-0.15, -0.1) is 0 Å². The first-order valence-electron chi connectivity index (χ1n) is 5.02. The molecule has 0 aromatic heterocycles. The van der Waals surface area contributed by atoms with E-state index in [2.05, 4.69) is 5.32 Å². The van der Waals surface area contributed by atoms with Gasteiger partial charge in [-0.1, -0.05) is 12.1 Å². The summed E-state index contributed by atoms with van der Waals surface area (Å²) >= 11 is 0. The number of benzene rings is 1. The number of nitrogens with zero attached hydrogens (tertiary/aromatic N) is 1. The molecule has 0 unspecified atom stereocenters. The van der Waals surface area contributed by atoms with Gasteiger partial charge in [0.05, 0.1) is 24.4 Å². The molecule has 0 saturated carbocycles. The lowest BCUT2D eigenvalue weighted by Gasteiger charge is -2.28. The summed E-state index contributed by atoms with van der Waals surface area (Å²) in [6.07, 6.45) is 0.0294. The molecule has 0 bridgehead atoms. The molecule has 2 N–H and O–H groups in total. The molecule has 5 heteroatoms. The van der Waals surface area contributed by atoms with Gasteiger partial charge in [0.15, 0.2) is 0 Å². The first-order chi connectivity index (χ1) is 7.72. The molecule has 0 spiro atoms. The van der Waals surface area contributed by atoms with Crippen LogP contribution in [0.25, 0.3) is 0 Å². The van der Waals surface area contributed by atoms with E-state index in [9.17, 15) is 9.59 Å². The number of carbonyl (C=O) groups excluding carboxylic acids is 2. The number of aliphatic hydroxyl groups is 1. The molecule has 1 aliphatic rings. The second kappa shape index (κ2) is 4.32. The summed E-state index contributed by atoms with van der Waals surface area (Å²) in [4.78, 5) is 24.5. The maximum atomic E-state index is 11.7.